The van der Waals surface area contributed by atoms with Gasteiger partial charge in [0.2, 0.25) is 0 Å². The van der Waals surface area contributed by atoms with Crippen LogP contribution in [-0.2, 0) is 54.7 Å². The van der Waals surface area contributed by atoms with Gasteiger partial charge >= 0.3 is 39.5 Å². The molecule has 0 spiro atoms. The number of nitrogens with zero attached hydrogens (tertiary/aromatic N) is 1. The van der Waals surface area contributed by atoms with Gasteiger partial charge in [0.25, 0.3) is 0 Å². The second-order valence-electron chi connectivity index (χ2n) is 10.4. The van der Waals surface area contributed by atoms with E-state index in [0.29, 0.717) is 18.1 Å². The molecule has 0 N–H and O–H groups in total. The van der Waals surface area contributed by atoms with Gasteiger partial charge in [-0.15, -0.1) is 24.2 Å². The van der Waals surface area contributed by atoms with Gasteiger partial charge in [-0.3, -0.25) is 24.2 Å². The highest BCUT2D eigenvalue weighted by atomic mass is 32.2. The molecule has 0 aliphatic rings. The van der Waals surface area contributed by atoms with E-state index in [0.717, 1.165) is 28.4 Å². The van der Waals surface area contributed by atoms with E-state index in [2.05, 4.69) is 22.7 Å². The summed E-state index contributed by atoms with van der Waals surface area (Å²) in [6.07, 6.45) is 3.89. The molecule has 0 atom stereocenters. The van der Waals surface area contributed by atoms with E-state index in [4.69, 9.17) is 29.6 Å². The molecule has 0 saturated heterocycles. The van der Waals surface area contributed by atoms with Crippen molar-refractivity contribution in [3.8, 4) is 29.9 Å². The zero-order valence-corrected chi connectivity index (χ0v) is 29.0. The number of carbonyl (C=O) groups excluding carboxylic acids is 4. The number of pyridine rings is 1. The Morgan fingerprint density at radius 3 is 1.62 bits per heavy atom. The minimum Gasteiger partial charge on any atom is -0.468 e. The Hall–Kier alpha value is -4.09. The zero-order chi connectivity index (χ0) is 36.3. The molecule has 17 heteroatoms. The number of carbonyl (C=O) groups is 4. The molecular weight excluding hydrogens is 667 g/mol. The van der Waals surface area contributed by atoms with E-state index in [9.17, 15) is 40.8 Å². The molecule has 0 bridgehead atoms. The third-order valence-electron chi connectivity index (χ3n) is 8.14. The summed E-state index contributed by atoms with van der Waals surface area (Å²) in [5.41, 5.74) is -10.8. The summed E-state index contributed by atoms with van der Waals surface area (Å²) in [6.45, 7) is 5.44. The van der Waals surface area contributed by atoms with Crippen LogP contribution in [0.1, 0.15) is 45.7 Å². The van der Waals surface area contributed by atoms with Crippen LogP contribution < -0.4 is 9.37 Å². The summed E-state index contributed by atoms with van der Waals surface area (Å²) in [5.74, 6) is 1.85. The predicted octanol–water partition coefficient (Wildman–Crippen LogP) is 3.04. The van der Waals surface area contributed by atoms with Crippen molar-refractivity contribution in [3.63, 3.8) is 0 Å². The van der Waals surface area contributed by atoms with Gasteiger partial charge in [-0.05, 0) is 11.3 Å². The minimum atomic E-state index is -6.23. The molecular formula is C30H38F3NO11SSi. The number of terminal acetylenes is 1. The van der Waals surface area contributed by atoms with Crippen molar-refractivity contribution in [2.24, 2.45) is 10.8 Å². The van der Waals surface area contributed by atoms with E-state index in [1.807, 2.05) is 20.8 Å². The standard InChI is InChI=1S/C30H38F3NO11SSi/c1-9-16-28(24(35)41-5,25(36)42-6)17-13-14-18-29(26(37)43-7,27(38)44-8)20-21-23(45-46(39,40)30(31,32)33)22(15-19-34-21)47(10-2,11-3)12-4/h1,15,19H,10-12,16-18,20H2,2-8H3. The molecule has 1 rings (SSSR count). The predicted molar refractivity (Wildman–Crippen MR) is 164 cm³/mol. The van der Waals surface area contributed by atoms with Crippen LogP contribution in [0.25, 0.3) is 0 Å². The number of halogens is 3. The van der Waals surface area contributed by atoms with E-state index in [1.165, 1.54) is 12.3 Å². The number of ether oxygens (including phenoxy) is 4. The first-order valence-electron chi connectivity index (χ1n) is 14.1. The summed E-state index contributed by atoms with van der Waals surface area (Å²) in [7, 11) is -5.08. The van der Waals surface area contributed by atoms with Gasteiger partial charge in [0.05, 0.1) is 42.2 Å². The average molecular weight is 706 g/mol. The molecule has 0 aliphatic carbocycles. The first-order valence-corrected chi connectivity index (χ1v) is 18.2. The number of methoxy groups -OCH3 is 4. The Balaban J connectivity index is 4.05. The third kappa shape index (κ3) is 8.44. The van der Waals surface area contributed by atoms with Crippen LogP contribution in [-0.4, -0.2) is 79.3 Å². The fraction of sp³-hybridized carbons (Fsp3) is 0.567. The molecule has 1 aromatic rings. The van der Waals surface area contributed by atoms with Crippen LogP contribution >= 0.6 is 0 Å². The number of rotatable bonds is 15. The molecule has 0 unspecified atom stereocenters. The van der Waals surface area contributed by atoms with Crippen LogP contribution in [0.2, 0.25) is 18.1 Å². The molecule has 1 heterocycles. The second-order valence-corrected chi connectivity index (χ2v) is 17.1. The maximum Gasteiger partial charge on any atom is 0.534 e. The van der Waals surface area contributed by atoms with Gasteiger partial charge in [-0.2, -0.15) is 21.6 Å². The fourth-order valence-corrected chi connectivity index (χ4v) is 9.47. The van der Waals surface area contributed by atoms with Gasteiger partial charge in [-0.1, -0.05) is 38.9 Å². The molecule has 0 saturated carbocycles. The molecule has 0 fully saturated rings. The fourth-order valence-electron chi connectivity index (χ4n) is 5.14. The summed E-state index contributed by atoms with van der Waals surface area (Å²) in [4.78, 5) is 55.9. The summed E-state index contributed by atoms with van der Waals surface area (Å²) >= 11 is 0. The van der Waals surface area contributed by atoms with Crippen molar-refractivity contribution in [1.29, 1.82) is 0 Å². The largest absolute Gasteiger partial charge is 0.534 e. The van der Waals surface area contributed by atoms with Crippen LogP contribution in [0.15, 0.2) is 12.3 Å². The lowest BCUT2D eigenvalue weighted by molar-refractivity contribution is -0.170. The highest BCUT2D eigenvalue weighted by Crippen LogP contribution is 2.37. The molecule has 12 nitrogen and oxygen atoms in total. The molecule has 1 aromatic heterocycles. The number of esters is 4. The first kappa shape index (κ1) is 40.9. The van der Waals surface area contributed by atoms with Crippen LogP contribution in [0.5, 0.6) is 5.75 Å². The maximum atomic E-state index is 13.6. The number of alkyl halides is 3. The molecule has 0 aromatic carbocycles. The van der Waals surface area contributed by atoms with E-state index in [1.54, 1.807) is 0 Å². The van der Waals surface area contributed by atoms with Crippen LogP contribution in [0.3, 0.4) is 0 Å². The highest BCUT2D eigenvalue weighted by Gasteiger charge is 2.53. The number of hydrogen-bond donors (Lipinski definition) is 0. The van der Waals surface area contributed by atoms with Crippen LogP contribution in [0, 0.1) is 35.0 Å². The smallest absolute Gasteiger partial charge is 0.468 e. The molecule has 47 heavy (non-hydrogen) atoms. The molecule has 0 amide bonds. The Labute approximate surface area is 273 Å². The minimum absolute atomic E-state index is 0.188. The number of hydrogen-bond acceptors (Lipinski definition) is 12. The van der Waals surface area contributed by atoms with Crippen molar-refractivity contribution >= 4 is 47.3 Å². The van der Waals surface area contributed by atoms with Gasteiger partial charge in [-0.25, -0.2) is 0 Å². The maximum absolute atomic E-state index is 13.6. The average Bonchev–Trinajstić information content (AvgIpc) is 3.05. The van der Waals surface area contributed by atoms with Crippen molar-refractivity contribution in [1.82, 2.24) is 4.98 Å². The Morgan fingerprint density at radius 2 is 1.23 bits per heavy atom. The Kier molecular flexibility index (Phi) is 14.5. The molecule has 0 radical (unpaired) electrons. The Morgan fingerprint density at radius 1 is 0.809 bits per heavy atom. The molecule has 0 aliphatic heterocycles. The summed E-state index contributed by atoms with van der Waals surface area (Å²) in [6, 6.07) is 2.82. The van der Waals surface area contributed by atoms with Gasteiger partial charge in [0, 0.05) is 31.9 Å². The van der Waals surface area contributed by atoms with Crippen molar-refractivity contribution < 1.29 is 63.9 Å². The van der Waals surface area contributed by atoms with Crippen molar-refractivity contribution in [2.45, 2.75) is 70.1 Å². The summed E-state index contributed by atoms with van der Waals surface area (Å²) < 4.78 is 89.3. The van der Waals surface area contributed by atoms with Gasteiger partial charge < -0.3 is 23.1 Å². The highest BCUT2D eigenvalue weighted by molar-refractivity contribution is 7.88. The van der Waals surface area contributed by atoms with Crippen molar-refractivity contribution in [2.75, 3.05) is 28.4 Å². The SMILES string of the molecule is C#CCC(CC#CCC(Cc1nccc([Si](CC)(CC)CC)c1OS(=O)(=O)C(F)(F)F)(C(=O)OC)C(=O)OC)(C(=O)OC)C(=O)OC. The normalized spacial score (nSPS) is 12.1. The van der Waals surface area contributed by atoms with E-state index in [-0.39, 0.29) is 5.19 Å². The lowest BCUT2D eigenvalue weighted by Gasteiger charge is -2.32. The summed E-state index contributed by atoms with van der Waals surface area (Å²) in [5, 5.41) is 0.188. The third-order valence-corrected chi connectivity index (χ3v) is 14.7. The second kappa shape index (κ2) is 16.6. The van der Waals surface area contributed by atoms with E-state index < -0.39 is 95.5 Å². The zero-order valence-electron chi connectivity index (χ0n) is 27.2. The van der Waals surface area contributed by atoms with Crippen LogP contribution in [0.4, 0.5) is 13.2 Å². The van der Waals surface area contributed by atoms with Crippen molar-refractivity contribution in [3.05, 3.63) is 18.0 Å². The first-order chi connectivity index (χ1) is 21.9. The van der Waals surface area contributed by atoms with E-state index >= 15 is 0 Å². The Bertz CT molecular complexity index is 1500. The topological polar surface area (TPSA) is 161 Å². The lowest BCUT2D eigenvalue weighted by atomic mass is 9.78. The lowest BCUT2D eigenvalue weighted by Crippen LogP contribution is -2.48. The quantitative estimate of drug-likeness (QED) is 0.0500. The van der Waals surface area contributed by atoms with Gasteiger partial charge in [0.1, 0.15) is 0 Å². The number of aromatic nitrogens is 1. The monoisotopic (exact) mass is 705 g/mol. The molecule has 260 valence electrons. The van der Waals surface area contributed by atoms with Gasteiger partial charge in [0.15, 0.2) is 16.6 Å².